The van der Waals surface area contributed by atoms with Crippen LogP contribution in [0.5, 0.6) is 0 Å². The van der Waals surface area contributed by atoms with Gasteiger partial charge in [-0.3, -0.25) is 9.59 Å². The summed E-state index contributed by atoms with van der Waals surface area (Å²) in [5.74, 6) is -3.68. The average Bonchev–Trinajstić information content (AvgIpc) is 2.73. The quantitative estimate of drug-likeness (QED) is 0.376. The van der Waals surface area contributed by atoms with E-state index in [1.807, 2.05) is 73.7 Å². The smallest absolute Gasteiger partial charge is 0.310 e. The van der Waals surface area contributed by atoms with Crippen LogP contribution in [0.1, 0.15) is 24.0 Å². The van der Waals surface area contributed by atoms with E-state index in [4.69, 9.17) is 4.74 Å². The number of rotatable bonds is 8. The molecule has 4 nitrogen and oxygen atoms in total. The van der Waals surface area contributed by atoms with Gasteiger partial charge in [0.15, 0.2) is 0 Å². The zero-order valence-corrected chi connectivity index (χ0v) is 18.9. The molecule has 0 radical (unpaired) electrons. The van der Waals surface area contributed by atoms with Crippen LogP contribution < -0.4 is 0 Å². The van der Waals surface area contributed by atoms with Gasteiger partial charge in [-0.05, 0) is 30.2 Å². The zero-order chi connectivity index (χ0) is 22.4. The van der Waals surface area contributed by atoms with Crippen molar-refractivity contribution in [2.45, 2.75) is 19.4 Å². The molecule has 2 aromatic rings. The molecular formula is C26H25BrO4. The highest BCUT2D eigenvalue weighted by Gasteiger charge is 2.59. The Kier molecular flexibility index (Phi) is 7.64. The molecule has 0 aromatic heterocycles. The first-order valence-corrected chi connectivity index (χ1v) is 10.9. The molecule has 4 atom stereocenters. The molecule has 1 N–H and O–H groups in total. The first-order chi connectivity index (χ1) is 14.9. The summed E-state index contributed by atoms with van der Waals surface area (Å²) in [6.45, 7) is 6.10. The molecular weight excluding hydrogens is 456 g/mol. The van der Waals surface area contributed by atoms with Crippen LogP contribution in [-0.2, 0) is 20.9 Å². The van der Waals surface area contributed by atoms with Crippen LogP contribution in [0.25, 0.3) is 0 Å². The van der Waals surface area contributed by atoms with Crippen LogP contribution in [-0.4, -0.2) is 17.0 Å². The highest BCUT2D eigenvalue weighted by molar-refractivity contribution is 9.10. The standard InChI is InChI=1S/C26H25BrO4/c1-3-4-6-9-17(2)21-23(25(28)29)22(19-10-7-5-8-11-19)24(21)26(30)31-16-18-12-14-20(27)15-13-18/h3-15,21-24H,2,16H2,1H3,(H,28,29)/b4-3-,9-6-/t21-,22-,23-,24-/m1/s1. The van der Waals surface area contributed by atoms with Crippen molar-refractivity contribution in [1.82, 2.24) is 0 Å². The third-order valence-electron chi connectivity index (χ3n) is 5.63. The lowest BCUT2D eigenvalue weighted by Gasteiger charge is -2.49. The van der Waals surface area contributed by atoms with E-state index in [1.165, 1.54) is 0 Å². The van der Waals surface area contributed by atoms with Gasteiger partial charge in [0.2, 0.25) is 0 Å². The monoisotopic (exact) mass is 480 g/mol. The summed E-state index contributed by atoms with van der Waals surface area (Å²) in [6, 6.07) is 16.8. The number of hydrogen-bond acceptors (Lipinski definition) is 3. The van der Waals surface area contributed by atoms with Crippen molar-refractivity contribution >= 4 is 27.9 Å². The molecule has 3 rings (SSSR count). The molecule has 160 valence electrons. The Morgan fingerprint density at radius 1 is 1.03 bits per heavy atom. The van der Waals surface area contributed by atoms with Crippen molar-refractivity contribution in [1.29, 1.82) is 0 Å². The number of allylic oxidation sites excluding steroid dienone is 5. The molecule has 31 heavy (non-hydrogen) atoms. The lowest BCUT2D eigenvalue weighted by molar-refractivity contribution is -0.167. The maximum absolute atomic E-state index is 13.2. The van der Waals surface area contributed by atoms with Crippen molar-refractivity contribution in [2.75, 3.05) is 0 Å². The first-order valence-electron chi connectivity index (χ1n) is 10.1. The SMILES string of the molecule is C=C(/C=C\C=C/C)[C@@H]1[C@@H](C(=O)O)[C@@H](c2ccccc2)[C@@H]1C(=O)OCc1ccc(Br)cc1. The topological polar surface area (TPSA) is 63.6 Å². The first kappa shape index (κ1) is 22.8. The zero-order valence-electron chi connectivity index (χ0n) is 17.3. The Morgan fingerprint density at radius 3 is 2.32 bits per heavy atom. The van der Waals surface area contributed by atoms with Crippen LogP contribution in [0.3, 0.4) is 0 Å². The van der Waals surface area contributed by atoms with Gasteiger partial charge in [-0.1, -0.05) is 94.9 Å². The molecule has 0 aliphatic heterocycles. The Bertz CT molecular complexity index is 992. The van der Waals surface area contributed by atoms with Gasteiger partial charge in [0, 0.05) is 16.3 Å². The molecule has 1 aliphatic rings. The lowest BCUT2D eigenvalue weighted by atomic mass is 9.52. The van der Waals surface area contributed by atoms with Crippen molar-refractivity contribution in [2.24, 2.45) is 17.8 Å². The number of carbonyl (C=O) groups excluding carboxylic acids is 1. The predicted octanol–water partition coefficient (Wildman–Crippen LogP) is 5.91. The summed E-state index contributed by atoms with van der Waals surface area (Å²) in [4.78, 5) is 25.3. The number of ether oxygens (including phenoxy) is 1. The van der Waals surface area contributed by atoms with Crippen LogP contribution in [0.15, 0.2) is 95.5 Å². The molecule has 1 saturated carbocycles. The average molecular weight is 481 g/mol. The molecule has 0 saturated heterocycles. The van der Waals surface area contributed by atoms with E-state index in [0.29, 0.717) is 5.57 Å². The Balaban J connectivity index is 1.87. The van der Waals surface area contributed by atoms with Crippen molar-refractivity contribution in [3.05, 3.63) is 107 Å². The molecule has 2 aromatic carbocycles. The van der Waals surface area contributed by atoms with Crippen molar-refractivity contribution < 1.29 is 19.4 Å². The summed E-state index contributed by atoms with van der Waals surface area (Å²) in [7, 11) is 0. The third-order valence-corrected chi connectivity index (χ3v) is 6.15. The molecule has 1 aliphatic carbocycles. The van der Waals surface area contributed by atoms with Gasteiger partial charge >= 0.3 is 11.9 Å². The fraction of sp³-hybridized carbons (Fsp3) is 0.231. The molecule has 1 fully saturated rings. The van der Waals surface area contributed by atoms with E-state index in [0.717, 1.165) is 15.6 Å². The number of aliphatic carboxylic acids is 1. The molecule has 0 heterocycles. The second-order valence-corrected chi connectivity index (χ2v) is 8.46. The molecule has 0 bridgehead atoms. The van der Waals surface area contributed by atoms with E-state index < -0.39 is 35.6 Å². The van der Waals surface area contributed by atoms with E-state index in [1.54, 1.807) is 12.2 Å². The highest BCUT2D eigenvalue weighted by atomic mass is 79.9. The van der Waals surface area contributed by atoms with E-state index in [9.17, 15) is 14.7 Å². The van der Waals surface area contributed by atoms with Gasteiger partial charge in [-0.15, -0.1) is 0 Å². The second kappa shape index (κ2) is 10.4. The number of halogens is 1. The maximum Gasteiger partial charge on any atom is 0.310 e. The fourth-order valence-corrected chi connectivity index (χ4v) is 4.40. The van der Waals surface area contributed by atoms with Crippen molar-refractivity contribution in [3.63, 3.8) is 0 Å². The number of carboxylic acids is 1. The van der Waals surface area contributed by atoms with Crippen LogP contribution in [0, 0.1) is 17.8 Å². The van der Waals surface area contributed by atoms with Gasteiger partial charge in [0.1, 0.15) is 6.61 Å². The van der Waals surface area contributed by atoms with Gasteiger partial charge in [0.05, 0.1) is 11.8 Å². The highest BCUT2D eigenvalue weighted by Crippen LogP contribution is 2.56. The molecule has 0 unspecified atom stereocenters. The number of carbonyl (C=O) groups is 2. The Hall–Kier alpha value is -2.92. The number of hydrogen-bond donors (Lipinski definition) is 1. The minimum absolute atomic E-state index is 0.134. The summed E-state index contributed by atoms with van der Waals surface area (Å²) in [5.41, 5.74) is 2.30. The Morgan fingerprint density at radius 2 is 1.71 bits per heavy atom. The van der Waals surface area contributed by atoms with Crippen LogP contribution >= 0.6 is 15.9 Å². The fourth-order valence-electron chi connectivity index (χ4n) is 4.13. The predicted molar refractivity (Wildman–Crippen MR) is 124 cm³/mol. The van der Waals surface area contributed by atoms with E-state index in [2.05, 4.69) is 22.5 Å². The summed E-state index contributed by atoms with van der Waals surface area (Å²) < 4.78 is 6.58. The van der Waals surface area contributed by atoms with E-state index >= 15 is 0 Å². The van der Waals surface area contributed by atoms with Gasteiger partial charge < -0.3 is 9.84 Å². The van der Waals surface area contributed by atoms with Crippen LogP contribution in [0.4, 0.5) is 0 Å². The molecule has 0 amide bonds. The summed E-state index contributed by atoms with van der Waals surface area (Å²) in [6.07, 6.45) is 7.29. The second-order valence-electron chi connectivity index (χ2n) is 7.55. The summed E-state index contributed by atoms with van der Waals surface area (Å²) in [5, 5.41) is 9.95. The number of carboxylic acid groups (broad SMARTS) is 1. The molecule has 0 spiro atoms. The van der Waals surface area contributed by atoms with E-state index in [-0.39, 0.29) is 6.61 Å². The lowest BCUT2D eigenvalue weighted by Crippen LogP contribution is -2.53. The third kappa shape index (κ3) is 5.23. The largest absolute Gasteiger partial charge is 0.481 e. The minimum Gasteiger partial charge on any atom is -0.481 e. The Labute approximate surface area is 191 Å². The summed E-state index contributed by atoms with van der Waals surface area (Å²) >= 11 is 3.39. The maximum atomic E-state index is 13.2. The van der Waals surface area contributed by atoms with Crippen molar-refractivity contribution in [3.8, 4) is 0 Å². The normalized spacial score (nSPS) is 22.9. The number of benzene rings is 2. The number of esters is 1. The minimum atomic E-state index is -0.934. The van der Waals surface area contributed by atoms with Gasteiger partial charge in [-0.2, -0.15) is 0 Å². The van der Waals surface area contributed by atoms with Crippen LogP contribution in [0.2, 0.25) is 0 Å². The molecule has 5 heteroatoms. The van der Waals surface area contributed by atoms with Gasteiger partial charge in [0.25, 0.3) is 0 Å². The van der Waals surface area contributed by atoms with Gasteiger partial charge in [-0.25, -0.2) is 0 Å².